The van der Waals surface area contributed by atoms with E-state index >= 15 is 0 Å². The van der Waals surface area contributed by atoms with Crippen LogP contribution in [-0.2, 0) is 14.4 Å². The Morgan fingerprint density at radius 2 is 1.61 bits per heavy atom. The van der Waals surface area contributed by atoms with Gasteiger partial charge >= 0.3 is 0 Å². The van der Waals surface area contributed by atoms with Gasteiger partial charge in [0.25, 0.3) is 0 Å². The number of hydrogen-bond donors (Lipinski definition) is 1. The molecule has 1 N–H and O–H groups in total. The third-order valence-electron chi connectivity index (χ3n) is 6.38. The molecule has 1 atom stereocenters. The minimum Gasteiger partial charge on any atom is -0.339 e. The van der Waals surface area contributed by atoms with Gasteiger partial charge in [0.15, 0.2) is 0 Å². The summed E-state index contributed by atoms with van der Waals surface area (Å²) in [6.45, 7) is 5.02. The Hall–Kier alpha value is -2.14. The molecule has 0 aromatic rings. The Kier molecular flexibility index (Phi) is 6.89. The third-order valence-corrected chi connectivity index (χ3v) is 6.38. The Labute approximate surface area is 166 Å². The summed E-state index contributed by atoms with van der Waals surface area (Å²) < 4.78 is 0. The van der Waals surface area contributed by atoms with Gasteiger partial charge in [0.05, 0.1) is 12.6 Å². The Morgan fingerprint density at radius 1 is 0.964 bits per heavy atom. The molecule has 2 saturated heterocycles. The second-order valence-corrected chi connectivity index (χ2v) is 8.14. The van der Waals surface area contributed by atoms with Crippen molar-refractivity contribution >= 4 is 17.7 Å². The monoisotopic (exact) mass is 389 g/mol. The van der Waals surface area contributed by atoms with Crippen molar-refractivity contribution in [1.82, 2.24) is 20.0 Å². The quantitative estimate of drug-likeness (QED) is 0.748. The first kappa shape index (κ1) is 20.6. The van der Waals surface area contributed by atoms with E-state index in [0.29, 0.717) is 32.7 Å². The molecule has 3 amide bonds. The summed E-state index contributed by atoms with van der Waals surface area (Å²) in [5, 5.41) is 12.4. The number of amides is 3. The second kappa shape index (κ2) is 9.37. The summed E-state index contributed by atoms with van der Waals surface area (Å²) in [5.74, 6) is 0.347. The van der Waals surface area contributed by atoms with E-state index in [0.717, 1.165) is 38.5 Å². The van der Waals surface area contributed by atoms with Crippen LogP contribution in [0.4, 0.5) is 0 Å². The van der Waals surface area contributed by atoms with Crippen LogP contribution < -0.4 is 5.32 Å². The molecule has 0 aromatic carbocycles. The van der Waals surface area contributed by atoms with E-state index in [1.165, 1.54) is 0 Å². The SMILES string of the molecule is CC(=O)N1CCN(C(=O)[C@H]2CC[C@H](NCC(=O)N3CCC[C@H]3C#N)CC2)CC1. The zero-order valence-corrected chi connectivity index (χ0v) is 16.7. The third kappa shape index (κ3) is 4.82. The van der Waals surface area contributed by atoms with Crippen molar-refractivity contribution in [2.45, 2.75) is 57.5 Å². The number of hydrogen-bond acceptors (Lipinski definition) is 5. The highest BCUT2D eigenvalue weighted by Crippen LogP contribution is 2.26. The first-order valence-electron chi connectivity index (χ1n) is 10.5. The highest BCUT2D eigenvalue weighted by atomic mass is 16.2. The first-order valence-corrected chi connectivity index (χ1v) is 10.5. The molecule has 3 rings (SSSR count). The van der Waals surface area contributed by atoms with Crippen LogP contribution in [0, 0.1) is 17.2 Å². The molecule has 0 radical (unpaired) electrons. The van der Waals surface area contributed by atoms with Crippen LogP contribution in [0.1, 0.15) is 45.4 Å². The minimum absolute atomic E-state index is 0.00518. The van der Waals surface area contributed by atoms with Crippen molar-refractivity contribution in [1.29, 1.82) is 5.26 Å². The van der Waals surface area contributed by atoms with Crippen molar-refractivity contribution in [3.8, 4) is 6.07 Å². The summed E-state index contributed by atoms with van der Waals surface area (Å²) in [4.78, 5) is 41.9. The average molecular weight is 390 g/mol. The number of carbonyl (C=O) groups is 3. The molecule has 3 fully saturated rings. The molecular formula is C20H31N5O3. The van der Waals surface area contributed by atoms with E-state index in [-0.39, 0.29) is 42.3 Å². The molecule has 2 heterocycles. The number of carbonyl (C=O) groups excluding carboxylic acids is 3. The molecule has 1 saturated carbocycles. The van der Waals surface area contributed by atoms with Gasteiger partial charge in [-0.05, 0) is 38.5 Å². The zero-order valence-electron chi connectivity index (χ0n) is 16.7. The van der Waals surface area contributed by atoms with E-state index < -0.39 is 0 Å². The molecule has 154 valence electrons. The van der Waals surface area contributed by atoms with Crippen molar-refractivity contribution < 1.29 is 14.4 Å². The van der Waals surface area contributed by atoms with Crippen LogP contribution in [-0.4, -0.2) is 83.8 Å². The number of nitriles is 1. The van der Waals surface area contributed by atoms with Gasteiger partial charge in [-0.3, -0.25) is 14.4 Å². The predicted molar refractivity (Wildman–Crippen MR) is 103 cm³/mol. The van der Waals surface area contributed by atoms with E-state index in [9.17, 15) is 14.4 Å². The molecule has 8 nitrogen and oxygen atoms in total. The van der Waals surface area contributed by atoms with Crippen LogP contribution in [0.25, 0.3) is 0 Å². The maximum absolute atomic E-state index is 12.8. The van der Waals surface area contributed by atoms with Crippen LogP contribution >= 0.6 is 0 Å². The van der Waals surface area contributed by atoms with Gasteiger partial charge < -0.3 is 20.0 Å². The molecule has 0 spiro atoms. The first-order chi connectivity index (χ1) is 13.5. The van der Waals surface area contributed by atoms with Gasteiger partial charge in [0.2, 0.25) is 17.7 Å². The second-order valence-electron chi connectivity index (χ2n) is 8.14. The standard InChI is InChI=1S/C20H31N5O3/c1-15(26)23-9-11-24(12-10-23)20(28)16-4-6-17(7-5-16)22-14-19(27)25-8-2-3-18(25)13-21/h16-18,22H,2-12,14H2,1H3/t16-,17-,18-/m0/s1. The number of piperazine rings is 1. The van der Waals surface area contributed by atoms with Crippen LogP contribution in [0.15, 0.2) is 0 Å². The van der Waals surface area contributed by atoms with Gasteiger partial charge in [-0.25, -0.2) is 0 Å². The number of nitrogens with one attached hydrogen (secondary N) is 1. The van der Waals surface area contributed by atoms with Crippen molar-refractivity contribution in [3.63, 3.8) is 0 Å². The number of likely N-dealkylation sites (tertiary alicyclic amines) is 1. The van der Waals surface area contributed by atoms with E-state index in [2.05, 4.69) is 11.4 Å². The highest BCUT2D eigenvalue weighted by Gasteiger charge is 2.32. The fourth-order valence-electron chi connectivity index (χ4n) is 4.58. The summed E-state index contributed by atoms with van der Waals surface area (Å²) in [5.41, 5.74) is 0. The maximum Gasteiger partial charge on any atom is 0.237 e. The van der Waals surface area contributed by atoms with E-state index in [4.69, 9.17) is 5.26 Å². The molecule has 2 aliphatic heterocycles. The zero-order chi connectivity index (χ0) is 20.1. The van der Waals surface area contributed by atoms with Gasteiger partial charge in [-0.1, -0.05) is 0 Å². The predicted octanol–water partition coefficient (Wildman–Crippen LogP) is 0.340. The number of nitrogens with zero attached hydrogens (tertiary/aromatic N) is 4. The van der Waals surface area contributed by atoms with Crippen LogP contribution in [0.3, 0.4) is 0 Å². The number of rotatable bonds is 4. The van der Waals surface area contributed by atoms with Gasteiger partial charge in [-0.2, -0.15) is 5.26 Å². The molecule has 3 aliphatic rings. The van der Waals surface area contributed by atoms with E-state index in [1.807, 2.05) is 4.90 Å². The average Bonchev–Trinajstić information content (AvgIpc) is 3.21. The fraction of sp³-hybridized carbons (Fsp3) is 0.800. The van der Waals surface area contributed by atoms with Crippen LogP contribution in [0.2, 0.25) is 0 Å². The highest BCUT2D eigenvalue weighted by molar-refractivity contribution is 5.80. The summed E-state index contributed by atoms with van der Waals surface area (Å²) in [7, 11) is 0. The van der Waals surface area contributed by atoms with Gasteiger partial charge in [-0.15, -0.1) is 0 Å². The lowest BCUT2D eigenvalue weighted by Gasteiger charge is -2.37. The molecule has 0 aromatic heterocycles. The normalized spacial score (nSPS) is 28.1. The summed E-state index contributed by atoms with van der Waals surface area (Å²) >= 11 is 0. The van der Waals surface area contributed by atoms with Crippen molar-refractivity contribution in [3.05, 3.63) is 0 Å². The Morgan fingerprint density at radius 3 is 2.21 bits per heavy atom. The Balaban J connectivity index is 1.37. The van der Waals surface area contributed by atoms with Crippen LogP contribution in [0.5, 0.6) is 0 Å². The topological polar surface area (TPSA) is 96.8 Å². The molecule has 28 heavy (non-hydrogen) atoms. The lowest BCUT2D eigenvalue weighted by atomic mass is 9.85. The molecule has 8 heteroatoms. The van der Waals surface area contributed by atoms with Crippen molar-refractivity contribution in [2.75, 3.05) is 39.3 Å². The summed E-state index contributed by atoms with van der Waals surface area (Å²) in [6, 6.07) is 2.19. The van der Waals surface area contributed by atoms with Crippen molar-refractivity contribution in [2.24, 2.45) is 5.92 Å². The molecule has 0 unspecified atom stereocenters. The van der Waals surface area contributed by atoms with E-state index in [1.54, 1.807) is 16.7 Å². The fourth-order valence-corrected chi connectivity index (χ4v) is 4.58. The summed E-state index contributed by atoms with van der Waals surface area (Å²) in [6.07, 6.45) is 5.12. The molecular weight excluding hydrogens is 358 g/mol. The van der Waals surface area contributed by atoms with Gasteiger partial charge in [0.1, 0.15) is 6.04 Å². The molecule has 0 bridgehead atoms. The smallest absolute Gasteiger partial charge is 0.237 e. The minimum atomic E-state index is -0.272. The lowest BCUT2D eigenvalue weighted by molar-refractivity contribution is -0.142. The lowest BCUT2D eigenvalue weighted by Crippen LogP contribution is -2.52. The Bertz CT molecular complexity index is 630. The largest absolute Gasteiger partial charge is 0.339 e. The molecule has 1 aliphatic carbocycles. The maximum atomic E-state index is 12.8. The van der Waals surface area contributed by atoms with Gasteiger partial charge in [0, 0.05) is 51.6 Å².